The summed E-state index contributed by atoms with van der Waals surface area (Å²) in [7, 11) is 0.492. The molecule has 0 aliphatic carbocycles. The van der Waals surface area contributed by atoms with E-state index >= 15 is 0 Å². The fraction of sp³-hybridized carbons (Fsp3) is 0.345. The van der Waals surface area contributed by atoms with Gasteiger partial charge in [0.25, 0.3) is 0 Å². The largest absolute Gasteiger partial charge is 0.492 e. The summed E-state index contributed by atoms with van der Waals surface area (Å²) in [4.78, 5) is 11.8. The highest BCUT2D eigenvalue weighted by Crippen LogP contribution is 2.30. The molecule has 1 aliphatic rings. The summed E-state index contributed by atoms with van der Waals surface area (Å²) in [6, 6.07) is 12.2. The lowest BCUT2D eigenvalue weighted by Gasteiger charge is -2.16. The van der Waals surface area contributed by atoms with Crippen LogP contribution in [0.15, 0.2) is 55.0 Å². The molecule has 37 heavy (non-hydrogen) atoms. The highest BCUT2D eigenvalue weighted by Gasteiger charge is 2.12. The molecule has 1 saturated heterocycles. The molecule has 3 heterocycles. The third kappa shape index (κ3) is 6.76. The number of aromatic nitrogens is 4. The van der Waals surface area contributed by atoms with E-state index in [1.165, 1.54) is 12.8 Å². The van der Waals surface area contributed by atoms with E-state index in [9.17, 15) is 0 Å². The molecule has 190 valence electrons. The van der Waals surface area contributed by atoms with Crippen LogP contribution in [0, 0.1) is 11.5 Å². The van der Waals surface area contributed by atoms with E-state index in [0.29, 0.717) is 12.6 Å². The predicted molar refractivity (Wildman–Crippen MR) is 153 cm³/mol. The lowest BCUT2D eigenvalue weighted by atomic mass is 10.1. The Morgan fingerprint density at radius 3 is 2.62 bits per heavy atom. The molecule has 0 saturated carbocycles. The molecule has 2 aromatic carbocycles. The molecule has 0 radical (unpaired) electrons. The number of fused-ring (bicyclic) bond motifs is 1. The summed E-state index contributed by atoms with van der Waals surface area (Å²) in [6.07, 6.45) is 8.28. The van der Waals surface area contributed by atoms with Crippen LogP contribution < -0.4 is 10.1 Å². The topological polar surface area (TPSA) is 68.1 Å². The lowest BCUT2D eigenvalue weighted by Crippen LogP contribution is -2.25. The highest BCUT2D eigenvalue weighted by molar-refractivity contribution is 6.83. The first kappa shape index (κ1) is 25.0. The van der Waals surface area contributed by atoms with E-state index in [4.69, 9.17) is 9.72 Å². The van der Waals surface area contributed by atoms with Crippen molar-refractivity contribution in [1.82, 2.24) is 24.6 Å². The van der Waals surface area contributed by atoms with Gasteiger partial charge in [-0.25, -0.2) is 9.97 Å². The first-order valence-electron chi connectivity index (χ1n) is 12.9. The number of aryl methyl sites for hydroxylation is 1. The van der Waals surface area contributed by atoms with Crippen LogP contribution in [0.3, 0.4) is 0 Å². The number of rotatable bonds is 7. The van der Waals surface area contributed by atoms with Crippen LogP contribution in [0.5, 0.6) is 5.75 Å². The minimum atomic E-state index is -1.43. The quantitative estimate of drug-likeness (QED) is 0.262. The van der Waals surface area contributed by atoms with E-state index in [2.05, 4.69) is 69.6 Å². The zero-order valence-corrected chi connectivity index (χ0v) is 23.1. The lowest BCUT2D eigenvalue weighted by molar-refractivity contribution is 0.238. The summed E-state index contributed by atoms with van der Waals surface area (Å²) >= 11 is 0. The van der Waals surface area contributed by atoms with Gasteiger partial charge in [0, 0.05) is 54.3 Å². The molecular formula is C29H34N6OSi. The summed E-state index contributed by atoms with van der Waals surface area (Å²) < 4.78 is 7.99. The zero-order valence-electron chi connectivity index (χ0n) is 22.1. The molecule has 4 aromatic rings. The Balaban J connectivity index is 1.37. The van der Waals surface area contributed by atoms with Gasteiger partial charge in [0.2, 0.25) is 5.95 Å². The number of hydrogen-bond acceptors (Lipinski definition) is 6. The van der Waals surface area contributed by atoms with Crippen LogP contribution >= 0.6 is 0 Å². The van der Waals surface area contributed by atoms with Crippen molar-refractivity contribution in [2.24, 2.45) is 7.05 Å². The Labute approximate surface area is 219 Å². The minimum absolute atomic E-state index is 0.541. The number of likely N-dealkylation sites (tertiary alicyclic amines) is 1. The molecule has 2 aromatic heterocycles. The van der Waals surface area contributed by atoms with Crippen molar-refractivity contribution in [3.8, 4) is 28.3 Å². The Hall–Kier alpha value is -3.67. The minimum Gasteiger partial charge on any atom is -0.492 e. The second kappa shape index (κ2) is 10.7. The fourth-order valence-corrected chi connectivity index (χ4v) is 4.87. The van der Waals surface area contributed by atoms with Crippen molar-refractivity contribution in [2.45, 2.75) is 32.5 Å². The molecule has 0 atom stereocenters. The zero-order chi connectivity index (χ0) is 25.8. The number of hydrogen-bond donors (Lipinski definition) is 1. The van der Waals surface area contributed by atoms with Crippen molar-refractivity contribution in [3.05, 3.63) is 60.6 Å². The third-order valence-electron chi connectivity index (χ3n) is 6.24. The van der Waals surface area contributed by atoms with E-state index in [0.717, 1.165) is 58.7 Å². The van der Waals surface area contributed by atoms with Crippen LogP contribution in [0.2, 0.25) is 19.6 Å². The van der Waals surface area contributed by atoms with Gasteiger partial charge in [-0.15, -0.1) is 5.54 Å². The Morgan fingerprint density at radius 2 is 1.86 bits per heavy atom. The normalized spacial score (nSPS) is 13.9. The SMILES string of the molecule is Cn1cc(-c2cc(Nc3ncc4cc(C#C[Si](C)(C)C)ccc4n3)cc(OCCN3CCCC3)c2)cn1. The van der Waals surface area contributed by atoms with Gasteiger partial charge in [-0.1, -0.05) is 25.6 Å². The van der Waals surface area contributed by atoms with Crippen LogP contribution in [0.25, 0.3) is 22.0 Å². The molecule has 0 spiro atoms. The van der Waals surface area contributed by atoms with E-state index in [-0.39, 0.29) is 0 Å². The van der Waals surface area contributed by atoms with Gasteiger partial charge < -0.3 is 10.1 Å². The molecule has 0 unspecified atom stereocenters. The Morgan fingerprint density at radius 1 is 1.03 bits per heavy atom. The Kier molecular flexibility index (Phi) is 7.26. The molecule has 5 rings (SSSR count). The maximum Gasteiger partial charge on any atom is 0.227 e. The highest BCUT2D eigenvalue weighted by atomic mass is 28.3. The van der Waals surface area contributed by atoms with Crippen LogP contribution in [0.4, 0.5) is 11.6 Å². The molecule has 8 heteroatoms. The van der Waals surface area contributed by atoms with Crippen LogP contribution in [0.1, 0.15) is 18.4 Å². The van der Waals surface area contributed by atoms with Crippen molar-refractivity contribution in [2.75, 3.05) is 31.6 Å². The second-order valence-corrected chi connectivity index (χ2v) is 15.4. The van der Waals surface area contributed by atoms with Gasteiger partial charge in [0.05, 0.1) is 11.7 Å². The van der Waals surface area contributed by atoms with Crippen molar-refractivity contribution < 1.29 is 4.74 Å². The Bertz CT molecular complexity index is 1460. The summed E-state index contributed by atoms with van der Waals surface area (Å²) in [5, 5.41) is 8.69. The maximum absolute atomic E-state index is 6.19. The first-order valence-corrected chi connectivity index (χ1v) is 16.4. The molecule has 1 fully saturated rings. The smallest absolute Gasteiger partial charge is 0.227 e. The van der Waals surface area contributed by atoms with E-state index in [1.54, 1.807) is 4.68 Å². The van der Waals surface area contributed by atoms with E-state index in [1.807, 2.05) is 43.8 Å². The average Bonchev–Trinajstić information content (AvgIpc) is 3.54. The van der Waals surface area contributed by atoms with Crippen molar-refractivity contribution in [3.63, 3.8) is 0 Å². The van der Waals surface area contributed by atoms with Gasteiger partial charge >= 0.3 is 0 Å². The van der Waals surface area contributed by atoms with E-state index < -0.39 is 8.07 Å². The number of benzene rings is 2. The molecule has 0 amide bonds. The average molecular weight is 511 g/mol. The van der Waals surface area contributed by atoms with Gasteiger partial charge in [-0.2, -0.15) is 5.10 Å². The van der Waals surface area contributed by atoms with Gasteiger partial charge in [0.15, 0.2) is 0 Å². The molecule has 1 N–H and O–H groups in total. The maximum atomic E-state index is 6.19. The summed E-state index contributed by atoms with van der Waals surface area (Å²) in [6.45, 7) is 10.7. The molecule has 1 aliphatic heterocycles. The standard InChI is InChI=1S/C29H34N6OSi/c1-34-21-25(20-31-34)23-16-26(18-27(17-23)36-13-12-35-10-5-6-11-35)32-29-30-19-24-15-22(7-8-28(24)33-29)9-14-37(2,3)4/h7-8,15-21H,5-6,10-13H2,1-4H3,(H,30,32,33). The monoisotopic (exact) mass is 510 g/mol. The number of ether oxygens (including phenoxy) is 1. The van der Waals surface area contributed by atoms with Crippen LogP contribution in [-0.4, -0.2) is 59.0 Å². The van der Waals surface area contributed by atoms with Crippen LogP contribution in [-0.2, 0) is 7.05 Å². The summed E-state index contributed by atoms with van der Waals surface area (Å²) in [5.41, 5.74) is 8.22. The molecule has 7 nitrogen and oxygen atoms in total. The van der Waals surface area contributed by atoms with Gasteiger partial charge in [-0.05, 0) is 61.8 Å². The number of anilines is 2. The third-order valence-corrected chi connectivity index (χ3v) is 7.11. The molecule has 0 bridgehead atoms. The second-order valence-electron chi connectivity index (χ2n) is 10.6. The number of nitrogens with zero attached hydrogens (tertiary/aromatic N) is 5. The fourth-order valence-electron chi connectivity index (χ4n) is 4.35. The summed E-state index contributed by atoms with van der Waals surface area (Å²) in [5.74, 6) is 4.67. The molecular weight excluding hydrogens is 476 g/mol. The first-order chi connectivity index (χ1) is 17.8. The number of nitrogens with one attached hydrogen (secondary N) is 1. The van der Waals surface area contributed by atoms with Gasteiger partial charge in [0.1, 0.15) is 20.4 Å². The van der Waals surface area contributed by atoms with Crippen molar-refractivity contribution in [1.29, 1.82) is 0 Å². The van der Waals surface area contributed by atoms with Crippen molar-refractivity contribution >= 4 is 30.6 Å². The predicted octanol–water partition coefficient (Wildman–Crippen LogP) is 5.48. The van der Waals surface area contributed by atoms with Gasteiger partial charge in [-0.3, -0.25) is 9.58 Å².